The smallest absolute Gasteiger partial charge is 0.272 e. The first-order valence-corrected chi connectivity index (χ1v) is 6.71. The molecule has 1 aromatic rings. The molecule has 1 amide bonds. The molecule has 1 fully saturated rings. The van der Waals surface area contributed by atoms with Gasteiger partial charge in [0.05, 0.1) is 5.69 Å². The number of nitrogens with zero attached hydrogens (tertiary/aromatic N) is 2. The highest BCUT2D eigenvalue weighted by Crippen LogP contribution is 2.33. The molecule has 5 heteroatoms. The van der Waals surface area contributed by atoms with Gasteiger partial charge in [0, 0.05) is 18.3 Å². The van der Waals surface area contributed by atoms with Gasteiger partial charge in [-0.3, -0.25) is 4.79 Å². The van der Waals surface area contributed by atoms with Crippen LogP contribution in [0.5, 0.6) is 0 Å². The van der Waals surface area contributed by atoms with Gasteiger partial charge in [0.25, 0.3) is 5.91 Å². The molecule has 0 unspecified atom stereocenters. The van der Waals surface area contributed by atoms with E-state index in [0.29, 0.717) is 17.9 Å². The molecule has 0 aliphatic heterocycles. The van der Waals surface area contributed by atoms with Crippen molar-refractivity contribution in [3.63, 3.8) is 0 Å². The normalized spacial score (nSPS) is 17.6. The summed E-state index contributed by atoms with van der Waals surface area (Å²) in [6.45, 7) is 0.648. The van der Waals surface area contributed by atoms with E-state index in [1.165, 1.54) is 12.8 Å². The van der Waals surface area contributed by atoms with Gasteiger partial charge in [-0.2, -0.15) is 0 Å². The molecule has 1 aliphatic carbocycles. The van der Waals surface area contributed by atoms with Gasteiger partial charge < -0.3 is 16.0 Å². The number of nitrogens with one attached hydrogen (secondary N) is 1. The summed E-state index contributed by atoms with van der Waals surface area (Å²) < 4.78 is 0. The van der Waals surface area contributed by atoms with Crippen molar-refractivity contribution in [3.8, 4) is 0 Å². The quantitative estimate of drug-likeness (QED) is 0.857. The second kappa shape index (κ2) is 5.57. The Hall–Kier alpha value is -1.62. The second-order valence-electron chi connectivity index (χ2n) is 5.45. The summed E-state index contributed by atoms with van der Waals surface area (Å²) in [7, 11) is 4.15. The molecular weight excluding hydrogens is 240 g/mol. The molecule has 2 rings (SSSR count). The lowest BCUT2D eigenvalue weighted by Crippen LogP contribution is -2.50. The number of nitrogen functional groups attached to an aromatic ring is 1. The largest absolute Gasteiger partial charge is 0.397 e. The third-order valence-electron chi connectivity index (χ3n) is 4.11. The average Bonchev–Trinajstić information content (AvgIpc) is 2.86. The van der Waals surface area contributed by atoms with Gasteiger partial charge in [0.15, 0.2) is 5.69 Å². The summed E-state index contributed by atoms with van der Waals surface area (Å²) in [6.07, 6.45) is 6.28. The Kier molecular flexibility index (Phi) is 4.04. The summed E-state index contributed by atoms with van der Waals surface area (Å²) in [4.78, 5) is 18.4. The molecule has 104 valence electrons. The molecule has 0 spiro atoms. The number of anilines is 1. The highest BCUT2D eigenvalue weighted by atomic mass is 16.1. The molecule has 0 atom stereocenters. The molecular formula is C14H22N4O. The molecule has 5 nitrogen and oxygen atoms in total. The maximum atomic E-state index is 12.1. The number of rotatable bonds is 4. The first-order chi connectivity index (χ1) is 9.05. The van der Waals surface area contributed by atoms with Crippen LogP contribution in [-0.2, 0) is 0 Å². The van der Waals surface area contributed by atoms with Crippen molar-refractivity contribution < 1.29 is 4.79 Å². The van der Waals surface area contributed by atoms with E-state index < -0.39 is 0 Å². The van der Waals surface area contributed by atoms with Crippen LogP contribution < -0.4 is 11.1 Å². The Morgan fingerprint density at radius 1 is 1.47 bits per heavy atom. The van der Waals surface area contributed by atoms with Gasteiger partial charge in [0.2, 0.25) is 0 Å². The van der Waals surface area contributed by atoms with E-state index >= 15 is 0 Å². The van der Waals surface area contributed by atoms with Crippen molar-refractivity contribution in [1.29, 1.82) is 0 Å². The summed E-state index contributed by atoms with van der Waals surface area (Å²) in [5.74, 6) is -0.189. The fourth-order valence-electron chi connectivity index (χ4n) is 2.75. The number of aromatic nitrogens is 1. The summed E-state index contributed by atoms with van der Waals surface area (Å²) in [5, 5.41) is 2.98. The predicted octanol–water partition coefficient (Wildman–Crippen LogP) is 1.27. The van der Waals surface area contributed by atoms with Gasteiger partial charge in [-0.05, 0) is 39.1 Å². The molecule has 0 bridgehead atoms. The number of carbonyl (C=O) groups excluding carboxylic acids is 1. The van der Waals surface area contributed by atoms with Gasteiger partial charge in [-0.15, -0.1) is 0 Å². The lowest BCUT2D eigenvalue weighted by Gasteiger charge is -2.36. The first kappa shape index (κ1) is 13.8. The number of hydrogen-bond acceptors (Lipinski definition) is 4. The van der Waals surface area contributed by atoms with E-state index in [1.54, 1.807) is 18.3 Å². The molecule has 3 N–H and O–H groups in total. The van der Waals surface area contributed by atoms with Crippen molar-refractivity contribution in [1.82, 2.24) is 15.2 Å². The van der Waals surface area contributed by atoms with E-state index in [2.05, 4.69) is 29.3 Å². The van der Waals surface area contributed by atoms with E-state index in [1.807, 2.05) is 0 Å². The number of nitrogens with two attached hydrogens (primary N) is 1. The fourth-order valence-corrected chi connectivity index (χ4v) is 2.75. The van der Waals surface area contributed by atoms with Crippen LogP contribution in [0.2, 0.25) is 0 Å². The van der Waals surface area contributed by atoms with E-state index in [0.717, 1.165) is 12.8 Å². The molecule has 1 aliphatic rings. The van der Waals surface area contributed by atoms with E-state index in [4.69, 9.17) is 5.73 Å². The molecule has 19 heavy (non-hydrogen) atoms. The zero-order valence-electron chi connectivity index (χ0n) is 11.6. The number of pyridine rings is 1. The average molecular weight is 262 g/mol. The van der Waals surface area contributed by atoms with Crippen LogP contribution >= 0.6 is 0 Å². The topological polar surface area (TPSA) is 71.2 Å². The third-order valence-corrected chi connectivity index (χ3v) is 4.11. The van der Waals surface area contributed by atoms with Crippen molar-refractivity contribution in [2.24, 2.45) is 0 Å². The van der Waals surface area contributed by atoms with Crippen molar-refractivity contribution >= 4 is 11.6 Å². The van der Waals surface area contributed by atoms with Crippen molar-refractivity contribution in [3.05, 3.63) is 24.0 Å². The van der Waals surface area contributed by atoms with Crippen molar-refractivity contribution in [2.75, 3.05) is 26.4 Å². The zero-order chi connectivity index (χ0) is 13.9. The Balaban J connectivity index is 2.02. The minimum absolute atomic E-state index is 0.0825. The van der Waals surface area contributed by atoms with Gasteiger partial charge in [0.1, 0.15) is 0 Å². The molecule has 1 saturated carbocycles. The number of hydrogen-bond donors (Lipinski definition) is 2. The Morgan fingerprint density at radius 3 is 2.74 bits per heavy atom. The maximum absolute atomic E-state index is 12.1. The number of amides is 1. The number of carbonyl (C=O) groups is 1. The third kappa shape index (κ3) is 2.87. The Labute approximate surface area is 114 Å². The van der Waals surface area contributed by atoms with E-state index in [-0.39, 0.29) is 11.4 Å². The first-order valence-electron chi connectivity index (χ1n) is 6.71. The highest BCUT2D eigenvalue weighted by molar-refractivity contribution is 5.97. The Bertz CT molecular complexity index is 453. The van der Waals surface area contributed by atoms with Crippen molar-refractivity contribution in [2.45, 2.75) is 31.2 Å². The van der Waals surface area contributed by atoms with Crippen LogP contribution in [0.25, 0.3) is 0 Å². The summed E-state index contributed by atoms with van der Waals surface area (Å²) in [5.41, 5.74) is 6.58. The standard InChI is InChI=1S/C14H22N4O/c1-18(2)14(7-3-4-8-14)10-17-13(19)12-11(15)6-5-9-16-12/h5-6,9H,3-4,7-8,10,15H2,1-2H3,(H,17,19). The van der Waals surface area contributed by atoms with E-state index in [9.17, 15) is 4.79 Å². The fraction of sp³-hybridized carbons (Fsp3) is 0.571. The van der Waals surface area contributed by atoms with Crippen LogP contribution in [0.3, 0.4) is 0 Å². The molecule has 0 saturated heterocycles. The molecule has 0 radical (unpaired) electrons. The lowest BCUT2D eigenvalue weighted by molar-refractivity contribution is 0.0896. The van der Waals surface area contributed by atoms with Crippen LogP contribution in [0.1, 0.15) is 36.2 Å². The van der Waals surface area contributed by atoms with Crippen LogP contribution in [0.4, 0.5) is 5.69 Å². The minimum atomic E-state index is -0.189. The predicted molar refractivity (Wildman–Crippen MR) is 75.9 cm³/mol. The SMILES string of the molecule is CN(C)C1(CNC(=O)c2ncccc2N)CCCC1. The highest BCUT2D eigenvalue weighted by Gasteiger charge is 2.36. The Morgan fingerprint density at radius 2 is 2.16 bits per heavy atom. The summed E-state index contributed by atoms with van der Waals surface area (Å²) in [6, 6.07) is 3.42. The summed E-state index contributed by atoms with van der Waals surface area (Å²) >= 11 is 0. The van der Waals surface area contributed by atoms with Crippen LogP contribution in [0, 0.1) is 0 Å². The molecule has 0 aromatic carbocycles. The number of likely N-dealkylation sites (N-methyl/N-ethyl adjacent to an activating group) is 1. The molecule has 1 aromatic heterocycles. The van der Waals surface area contributed by atoms with Gasteiger partial charge >= 0.3 is 0 Å². The minimum Gasteiger partial charge on any atom is -0.397 e. The lowest BCUT2D eigenvalue weighted by atomic mass is 9.96. The monoisotopic (exact) mass is 262 g/mol. The van der Waals surface area contributed by atoms with Gasteiger partial charge in [-0.25, -0.2) is 4.98 Å². The maximum Gasteiger partial charge on any atom is 0.272 e. The second-order valence-corrected chi connectivity index (χ2v) is 5.45. The van der Waals surface area contributed by atoms with Gasteiger partial charge in [-0.1, -0.05) is 12.8 Å². The van der Waals surface area contributed by atoms with Crippen LogP contribution in [-0.4, -0.2) is 42.0 Å². The molecule has 1 heterocycles. The zero-order valence-corrected chi connectivity index (χ0v) is 11.6. The van der Waals surface area contributed by atoms with Crippen LogP contribution in [0.15, 0.2) is 18.3 Å².